The van der Waals surface area contributed by atoms with E-state index in [0.29, 0.717) is 18.1 Å². The van der Waals surface area contributed by atoms with Crippen molar-refractivity contribution >= 4 is 29.1 Å². The quantitative estimate of drug-likeness (QED) is 0.823. The number of carbonyl (C=O) groups excluding carboxylic acids is 2. The van der Waals surface area contributed by atoms with Crippen molar-refractivity contribution in [3.63, 3.8) is 0 Å². The average Bonchev–Trinajstić information content (AvgIpc) is 3.03. The fourth-order valence-electron chi connectivity index (χ4n) is 3.22. The summed E-state index contributed by atoms with van der Waals surface area (Å²) in [5, 5.41) is 3.55. The van der Waals surface area contributed by atoms with Gasteiger partial charge in [-0.25, -0.2) is 0 Å². The first-order chi connectivity index (χ1) is 13.0. The molecule has 0 aromatic heterocycles. The molecule has 1 aliphatic rings. The van der Waals surface area contributed by atoms with Crippen molar-refractivity contribution in [2.45, 2.75) is 19.8 Å². The molecule has 1 unspecified atom stereocenters. The number of ether oxygens (including phenoxy) is 1. The third-order valence-electron chi connectivity index (χ3n) is 4.86. The molecule has 27 heavy (non-hydrogen) atoms. The van der Waals surface area contributed by atoms with Gasteiger partial charge < -0.3 is 15.0 Å². The first kappa shape index (κ1) is 19.2. The SMILES string of the molecule is COc1ccc(CCN2CC(C(=O)Nc3ccc(Cl)cc3C)CC2=O)cc1. The molecule has 2 amide bonds. The smallest absolute Gasteiger partial charge is 0.229 e. The van der Waals surface area contributed by atoms with Crippen molar-refractivity contribution in [3.05, 3.63) is 58.6 Å². The van der Waals surface area contributed by atoms with E-state index in [9.17, 15) is 9.59 Å². The Kier molecular flexibility index (Phi) is 6.01. The minimum atomic E-state index is -0.330. The minimum absolute atomic E-state index is 0.0245. The van der Waals surface area contributed by atoms with Gasteiger partial charge in [-0.3, -0.25) is 9.59 Å². The van der Waals surface area contributed by atoms with Crippen molar-refractivity contribution in [2.75, 3.05) is 25.5 Å². The zero-order chi connectivity index (χ0) is 19.4. The topological polar surface area (TPSA) is 58.6 Å². The molecule has 1 N–H and O–H groups in total. The molecule has 6 heteroatoms. The normalized spacial score (nSPS) is 16.5. The predicted octanol–water partition coefficient (Wildman–Crippen LogP) is 3.69. The molecule has 1 fully saturated rings. The number of anilines is 1. The first-order valence-electron chi connectivity index (χ1n) is 8.94. The summed E-state index contributed by atoms with van der Waals surface area (Å²) in [5.74, 6) is 0.380. The van der Waals surface area contributed by atoms with Crippen LogP contribution in [0.3, 0.4) is 0 Å². The van der Waals surface area contributed by atoms with Crippen molar-refractivity contribution in [1.29, 1.82) is 0 Å². The van der Waals surface area contributed by atoms with Gasteiger partial charge in [0.15, 0.2) is 0 Å². The average molecular weight is 387 g/mol. The van der Waals surface area contributed by atoms with Crippen LogP contribution < -0.4 is 10.1 Å². The molecule has 1 aliphatic heterocycles. The summed E-state index contributed by atoms with van der Waals surface area (Å²) in [4.78, 5) is 26.6. The Hall–Kier alpha value is -2.53. The summed E-state index contributed by atoms with van der Waals surface area (Å²) in [5.41, 5.74) is 2.76. The van der Waals surface area contributed by atoms with Gasteiger partial charge in [-0.05, 0) is 54.8 Å². The minimum Gasteiger partial charge on any atom is -0.497 e. The summed E-state index contributed by atoms with van der Waals surface area (Å²) in [6.07, 6.45) is 1.00. The zero-order valence-electron chi connectivity index (χ0n) is 15.5. The van der Waals surface area contributed by atoms with Crippen molar-refractivity contribution < 1.29 is 14.3 Å². The number of rotatable bonds is 6. The van der Waals surface area contributed by atoms with Gasteiger partial charge in [0.2, 0.25) is 11.8 Å². The predicted molar refractivity (Wildman–Crippen MR) is 106 cm³/mol. The van der Waals surface area contributed by atoms with Crippen LogP contribution in [0.4, 0.5) is 5.69 Å². The number of halogens is 1. The van der Waals surface area contributed by atoms with E-state index in [0.717, 1.165) is 29.0 Å². The number of carbonyl (C=O) groups is 2. The molecule has 1 heterocycles. The molecule has 2 aromatic rings. The standard InChI is InChI=1S/C21H23ClN2O3/c1-14-11-17(22)5-8-19(14)23-21(26)16-12-20(25)24(13-16)10-9-15-3-6-18(27-2)7-4-15/h3-8,11,16H,9-10,12-13H2,1-2H3,(H,23,26). The van der Waals surface area contributed by atoms with Crippen molar-refractivity contribution in [1.82, 2.24) is 4.90 Å². The summed E-state index contributed by atoms with van der Waals surface area (Å²) in [6, 6.07) is 13.1. The lowest BCUT2D eigenvalue weighted by molar-refractivity contribution is -0.128. The summed E-state index contributed by atoms with van der Waals surface area (Å²) < 4.78 is 5.15. The molecule has 5 nitrogen and oxygen atoms in total. The second-order valence-corrected chi connectivity index (χ2v) is 7.22. The van der Waals surface area contributed by atoms with Gasteiger partial charge in [0.1, 0.15) is 5.75 Å². The van der Waals surface area contributed by atoms with Crippen LogP contribution >= 0.6 is 11.6 Å². The van der Waals surface area contributed by atoms with Crippen LogP contribution in [0.1, 0.15) is 17.5 Å². The lowest BCUT2D eigenvalue weighted by Gasteiger charge is -2.17. The molecule has 0 spiro atoms. The lowest BCUT2D eigenvalue weighted by atomic mass is 10.1. The van der Waals surface area contributed by atoms with Gasteiger partial charge in [0, 0.05) is 30.2 Å². The Labute approximate surface area is 164 Å². The van der Waals surface area contributed by atoms with Gasteiger partial charge in [-0.2, -0.15) is 0 Å². The summed E-state index contributed by atoms with van der Waals surface area (Å²) in [7, 11) is 1.63. The van der Waals surface area contributed by atoms with Crippen LogP contribution in [0.25, 0.3) is 0 Å². The highest BCUT2D eigenvalue weighted by atomic mass is 35.5. The Balaban J connectivity index is 1.55. The van der Waals surface area contributed by atoms with Gasteiger partial charge >= 0.3 is 0 Å². The third kappa shape index (κ3) is 4.80. The van der Waals surface area contributed by atoms with Crippen LogP contribution in [0.2, 0.25) is 5.02 Å². The molecule has 1 atom stereocenters. The number of hydrogen-bond donors (Lipinski definition) is 1. The maximum Gasteiger partial charge on any atom is 0.229 e. The molecule has 142 valence electrons. The highest BCUT2D eigenvalue weighted by molar-refractivity contribution is 6.30. The van der Waals surface area contributed by atoms with Crippen LogP contribution in [-0.4, -0.2) is 36.9 Å². The van der Waals surface area contributed by atoms with Gasteiger partial charge in [-0.1, -0.05) is 23.7 Å². The highest BCUT2D eigenvalue weighted by Crippen LogP contribution is 2.24. The molecule has 0 saturated carbocycles. The number of methoxy groups -OCH3 is 1. The molecule has 0 aliphatic carbocycles. The number of hydrogen-bond acceptors (Lipinski definition) is 3. The second-order valence-electron chi connectivity index (χ2n) is 6.79. The van der Waals surface area contributed by atoms with Gasteiger partial charge in [0.05, 0.1) is 13.0 Å². The Bertz CT molecular complexity index is 836. The largest absolute Gasteiger partial charge is 0.497 e. The van der Waals surface area contributed by atoms with E-state index >= 15 is 0 Å². The molecule has 0 radical (unpaired) electrons. The first-order valence-corrected chi connectivity index (χ1v) is 9.32. The van der Waals surface area contributed by atoms with Crippen molar-refractivity contribution in [2.24, 2.45) is 5.92 Å². The van der Waals surface area contributed by atoms with Crippen LogP contribution in [0.15, 0.2) is 42.5 Å². The molecule has 2 aromatic carbocycles. The monoisotopic (exact) mass is 386 g/mol. The Morgan fingerprint density at radius 1 is 1.26 bits per heavy atom. The van der Waals surface area contributed by atoms with E-state index in [2.05, 4.69) is 5.32 Å². The van der Waals surface area contributed by atoms with E-state index in [4.69, 9.17) is 16.3 Å². The number of likely N-dealkylation sites (tertiary alicyclic amines) is 1. The second kappa shape index (κ2) is 8.44. The number of benzene rings is 2. The van der Waals surface area contributed by atoms with E-state index in [1.807, 2.05) is 31.2 Å². The molecule has 1 saturated heterocycles. The van der Waals surface area contributed by atoms with E-state index in [-0.39, 0.29) is 24.2 Å². The van der Waals surface area contributed by atoms with Gasteiger partial charge in [0.25, 0.3) is 0 Å². The maximum atomic E-state index is 12.6. The lowest BCUT2D eigenvalue weighted by Crippen LogP contribution is -2.30. The van der Waals surface area contributed by atoms with Gasteiger partial charge in [-0.15, -0.1) is 0 Å². The van der Waals surface area contributed by atoms with E-state index < -0.39 is 0 Å². The summed E-state index contributed by atoms with van der Waals surface area (Å²) in [6.45, 7) is 2.95. The van der Waals surface area contributed by atoms with Crippen LogP contribution in [0.5, 0.6) is 5.75 Å². The van der Waals surface area contributed by atoms with E-state index in [1.54, 1.807) is 30.2 Å². The number of aryl methyl sites for hydroxylation is 1. The fraction of sp³-hybridized carbons (Fsp3) is 0.333. The zero-order valence-corrected chi connectivity index (χ0v) is 16.3. The number of nitrogens with one attached hydrogen (secondary N) is 1. The molecular weight excluding hydrogens is 364 g/mol. The van der Waals surface area contributed by atoms with E-state index in [1.165, 1.54) is 0 Å². The maximum absolute atomic E-state index is 12.6. The van der Waals surface area contributed by atoms with Crippen LogP contribution in [-0.2, 0) is 16.0 Å². The number of amides is 2. The molecular formula is C21H23ClN2O3. The Morgan fingerprint density at radius 2 is 2.00 bits per heavy atom. The highest BCUT2D eigenvalue weighted by Gasteiger charge is 2.34. The number of nitrogens with zero attached hydrogens (tertiary/aromatic N) is 1. The van der Waals surface area contributed by atoms with Crippen molar-refractivity contribution in [3.8, 4) is 5.75 Å². The fourth-order valence-corrected chi connectivity index (χ4v) is 3.45. The Morgan fingerprint density at radius 3 is 2.67 bits per heavy atom. The van der Waals surface area contributed by atoms with Crippen LogP contribution in [0, 0.1) is 12.8 Å². The molecule has 0 bridgehead atoms. The summed E-state index contributed by atoms with van der Waals surface area (Å²) >= 11 is 5.95. The molecule has 3 rings (SSSR count). The third-order valence-corrected chi connectivity index (χ3v) is 5.10.